The summed E-state index contributed by atoms with van der Waals surface area (Å²) in [6, 6.07) is 21.4. The zero-order valence-electron chi connectivity index (χ0n) is 18.0. The topological polar surface area (TPSA) is 65.4 Å². The molecular formula is C26H23N3O3. The molecule has 0 saturated heterocycles. The maximum atomic E-state index is 12.7. The summed E-state index contributed by atoms with van der Waals surface area (Å²) in [5.41, 5.74) is 6.71. The molecule has 1 amide bonds. The van der Waals surface area contributed by atoms with Crippen molar-refractivity contribution in [3.05, 3.63) is 95.4 Å². The lowest BCUT2D eigenvalue weighted by Crippen LogP contribution is -2.22. The Morgan fingerprint density at radius 1 is 0.969 bits per heavy atom. The normalized spacial score (nSPS) is 12.1. The van der Waals surface area contributed by atoms with Crippen LogP contribution in [0.25, 0.3) is 16.9 Å². The van der Waals surface area contributed by atoms with Gasteiger partial charge in [0.15, 0.2) is 11.5 Å². The minimum atomic E-state index is -0.132. The maximum Gasteiger partial charge on any atom is 0.251 e. The summed E-state index contributed by atoms with van der Waals surface area (Å²) in [5.74, 6) is 1.31. The van der Waals surface area contributed by atoms with Crippen LogP contribution in [0.3, 0.4) is 0 Å². The summed E-state index contributed by atoms with van der Waals surface area (Å²) in [7, 11) is 0. The Kier molecular flexibility index (Phi) is 5.11. The molecule has 1 aliphatic rings. The summed E-state index contributed by atoms with van der Waals surface area (Å²) in [6.45, 7) is 4.81. The third kappa shape index (κ3) is 3.71. The van der Waals surface area contributed by atoms with Gasteiger partial charge in [-0.05, 0) is 67.9 Å². The molecule has 0 unspecified atom stereocenters. The van der Waals surface area contributed by atoms with E-state index >= 15 is 0 Å². The number of aromatic nitrogens is 2. The van der Waals surface area contributed by atoms with Gasteiger partial charge >= 0.3 is 0 Å². The molecule has 0 bridgehead atoms. The van der Waals surface area contributed by atoms with Gasteiger partial charge in [-0.25, -0.2) is 0 Å². The van der Waals surface area contributed by atoms with Gasteiger partial charge in [0.1, 0.15) is 0 Å². The summed E-state index contributed by atoms with van der Waals surface area (Å²) >= 11 is 0. The largest absolute Gasteiger partial charge is 0.454 e. The highest BCUT2D eigenvalue weighted by molar-refractivity contribution is 5.94. The second-order valence-corrected chi connectivity index (χ2v) is 7.77. The van der Waals surface area contributed by atoms with Crippen molar-refractivity contribution in [1.29, 1.82) is 0 Å². The van der Waals surface area contributed by atoms with E-state index in [4.69, 9.17) is 9.47 Å². The monoisotopic (exact) mass is 425 g/mol. The third-order valence-corrected chi connectivity index (χ3v) is 5.61. The highest BCUT2D eigenvalue weighted by Crippen LogP contribution is 2.32. The van der Waals surface area contributed by atoms with Crippen molar-refractivity contribution < 1.29 is 14.3 Å². The first-order valence-corrected chi connectivity index (χ1v) is 10.5. The number of ether oxygens (including phenoxy) is 2. The Morgan fingerprint density at radius 3 is 2.50 bits per heavy atom. The molecule has 2 aromatic heterocycles. The number of benzene rings is 2. The molecule has 0 saturated carbocycles. The second kappa shape index (κ2) is 8.23. The zero-order valence-corrected chi connectivity index (χ0v) is 18.0. The Hall–Kier alpha value is -4.06. The number of rotatable bonds is 5. The van der Waals surface area contributed by atoms with Gasteiger partial charge in [0, 0.05) is 35.3 Å². The highest BCUT2D eigenvalue weighted by Gasteiger charge is 2.15. The van der Waals surface area contributed by atoms with E-state index in [0.717, 1.165) is 39.6 Å². The van der Waals surface area contributed by atoms with E-state index in [9.17, 15) is 4.79 Å². The van der Waals surface area contributed by atoms with Crippen LogP contribution in [0.4, 0.5) is 0 Å². The van der Waals surface area contributed by atoms with Gasteiger partial charge in [0.25, 0.3) is 5.91 Å². The van der Waals surface area contributed by atoms with Crippen molar-refractivity contribution in [3.8, 4) is 28.4 Å². The molecule has 32 heavy (non-hydrogen) atoms. The average Bonchev–Trinajstić information content (AvgIpc) is 3.43. The van der Waals surface area contributed by atoms with Crippen molar-refractivity contribution in [3.63, 3.8) is 0 Å². The molecule has 0 atom stereocenters. The predicted octanol–water partition coefficient (Wildman–Crippen LogP) is 4.81. The molecule has 6 nitrogen and oxygen atoms in total. The molecule has 1 aliphatic heterocycles. The van der Waals surface area contributed by atoms with Crippen LogP contribution in [-0.2, 0) is 6.54 Å². The van der Waals surface area contributed by atoms with Gasteiger partial charge in [-0.1, -0.05) is 18.2 Å². The van der Waals surface area contributed by atoms with Crippen molar-refractivity contribution in [2.75, 3.05) is 6.79 Å². The molecule has 5 rings (SSSR count). The van der Waals surface area contributed by atoms with E-state index in [1.165, 1.54) is 0 Å². The summed E-state index contributed by atoms with van der Waals surface area (Å²) < 4.78 is 12.9. The molecule has 0 aliphatic carbocycles. The van der Waals surface area contributed by atoms with Crippen LogP contribution in [-0.4, -0.2) is 22.3 Å². The molecule has 160 valence electrons. The molecule has 1 N–H and O–H groups in total. The number of pyridine rings is 1. The van der Waals surface area contributed by atoms with Crippen LogP contribution in [0.2, 0.25) is 0 Å². The fourth-order valence-electron chi connectivity index (χ4n) is 3.96. The standard InChI is InChI=1S/C26H23N3O3/c1-17-5-6-18(2)29(17)22-4-3-13-27-25(22)20-8-10-21(11-9-20)26(30)28-15-19-7-12-23-24(14-19)32-16-31-23/h3-14H,15-16H2,1-2H3,(H,28,30). The van der Waals surface area contributed by atoms with E-state index in [0.29, 0.717) is 17.9 Å². The van der Waals surface area contributed by atoms with E-state index in [1.54, 1.807) is 6.20 Å². The maximum absolute atomic E-state index is 12.7. The van der Waals surface area contributed by atoms with Crippen molar-refractivity contribution in [1.82, 2.24) is 14.9 Å². The number of fused-ring (bicyclic) bond motifs is 1. The molecule has 4 aromatic rings. The number of nitrogens with one attached hydrogen (secondary N) is 1. The van der Waals surface area contributed by atoms with Crippen molar-refractivity contribution in [2.45, 2.75) is 20.4 Å². The summed E-state index contributed by atoms with van der Waals surface area (Å²) in [4.78, 5) is 17.3. The van der Waals surface area contributed by atoms with E-state index in [1.807, 2.05) is 48.5 Å². The van der Waals surface area contributed by atoms with Crippen LogP contribution in [0.1, 0.15) is 27.3 Å². The number of aryl methyl sites for hydroxylation is 2. The summed E-state index contributed by atoms with van der Waals surface area (Å²) in [6.07, 6.45) is 1.79. The van der Waals surface area contributed by atoms with Crippen molar-refractivity contribution >= 4 is 5.91 Å². The molecular weight excluding hydrogens is 402 g/mol. The number of carbonyl (C=O) groups excluding carboxylic acids is 1. The fourth-order valence-corrected chi connectivity index (χ4v) is 3.96. The lowest BCUT2D eigenvalue weighted by Gasteiger charge is -2.14. The number of nitrogens with zero attached hydrogens (tertiary/aromatic N) is 2. The van der Waals surface area contributed by atoms with Crippen molar-refractivity contribution in [2.24, 2.45) is 0 Å². The Morgan fingerprint density at radius 2 is 1.72 bits per heavy atom. The fraction of sp³-hybridized carbons (Fsp3) is 0.154. The number of carbonyl (C=O) groups is 1. The highest BCUT2D eigenvalue weighted by atomic mass is 16.7. The number of amides is 1. The van der Waals surface area contributed by atoms with Gasteiger partial charge in [0.2, 0.25) is 6.79 Å². The van der Waals surface area contributed by atoms with Crippen LogP contribution in [0.15, 0.2) is 72.9 Å². The SMILES string of the molecule is Cc1ccc(C)n1-c1cccnc1-c1ccc(C(=O)NCc2ccc3c(c2)OCO3)cc1. The molecule has 3 heterocycles. The Balaban J connectivity index is 1.33. The van der Waals surface area contributed by atoms with Gasteiger partial charge in [0.05, 0.1) is 11.4 Å². The van der Waals surface area contributed by atoms with Crippen LogP contribution in [0.5, 0.6) is 11.5 Å². The number of hydrogen-bond acceptors (Lipinski definition) is 4. The minimum absolute atomic E-state index is 0.132. The van der Waals surface area contributed by atoms with Gasteiger partial charge in [-0.3, -0.25) is 9.78 Å². The average molecular weight is 425 g/mol. The molecule has 2 aromatic carbocycles. The lowest BCUT2D eigenvalue weighted by atomic mass is 10.1. The second-order valence-electron chi connectivity index (χ2n) is 7.77. The predicted molar refractivity (Wildman–Crippen MR) is 122 cm³/mol. The Labute approximate surface area is 186 Å². The molecule has 0 spiro atoms. The number of hydrogen-bond donors (Lipinski definition) is 1. The first-order chi connectivity index (χ1) is 15.6. The van der Waals surface area contributed by atoms with Gasteiger partial charge in [-0.15, -0.1) is 0 Å². The van der Waals surface area contributed by atoms with Gasteiger partial charge in [-0.2, -0.15) is 0 Å². The summed E-state index contributed by atoms with van der Waals surface area (Å²) in [5, 5.41) is 2.96. The van der Waals surface area contributed by atoms with Crippen LogP contribution < -0.4 is 14.8 Å². The third-order valence-electron chi connectivity index (χ3n) is 5.61. The van der Waals surface area contributed by atoms with E-state index in [-0.39, 0.29) is 12.7 Å². The molecule has 0 radical (unpaired) electrons. The molecule has 0 fully saturated rings. The first-order valence-electron chi connectivity index (χ1n) is 10.5. The Bertz CT molecular complexity index is 1270. The first kappa shape index (κ1) is 19.9. The zero-order chi connectivity index (χ0) is 22.1. The quantitative estimate of drug-likeness (QED) is 0.498. The minimum Gasteiger partial charge on any atom is -0.454 e. The smallest absolute Gasteiger partial charge is 0.251 e. The molecule has 6 heteroatoms. The van der Waals surface area contributed by atoms with Crippen LogP contribution in [0, 0.1) is 13.8 Å². The lowest BCUT2D eigenvalue weighted by molar-refractivity contribution is 0.0951. The van der Waals surface area contributed by atoms with E-state index in [2.05, 4.69) is 46.9 Å². The van der Waals surface area contributed by atoms with Crippen LogP contribution >= 0.6 is 0 Å². The van der Waals surface area contributed by atoms with E-state index < -0.39 is 0 Å². The van der Waals surface area contributed by atoms with Gasteiger partial charge < -0.3 is 19.4 Å².